The molecule has 158 valence electrons. The molecule has 12 heteroatoms. The van der Waals surface area contributed by atoms with Gasteiger partial charge in [0.25, 0.3) is 0 Å². The SMILES string of the molecule is O=C(O)c1cn(C2CC2)c2c([N+](=O)[O-])c(N3C[C@H](O)C[C@H]3C(=O)O)c(F)cc2c1=O. The summed E-state index contributed by atoms with van der Waals surface area (Å²) in [6.07, 6.45) is 0.785. The first kappa shape index (κ1) is 19.8. The molecule has 0 unspecified atom stereocenters. The molecule has 1 aliphatic carbocycles. The quantitative estimate of drug-likeness (QED) is 0.474. The lowest BCUT2D eigenvalue weighted by Crippen LogP contribution is -2.37. The number of β-amino-alcohol motifs (C(OH)–C–C–N with tert-alkyl or cyclic N) is 1. The summed E-state index contributed by atoms with van der Waals surface area (Å²) in [6.45, 7) is -0.346. The lowest BCUT2D eigenvalue weighted by atomic mass is 10.1. The van der Waals surface area contributed by atoms with Gasteiger partial charge in [-0.1, -0.05) is 0 Å². The molecule has 0 bridgehead atoms. The highest BCUT2D eigenvalue weighted by atomic mass is 19.1. The number of fused-ring (bicyclic) bond motifs is 1. The Morgan fingerprint density at radius 1 is 1.27 bits per heavy atom. The summed E-state index contributed by atoms with van der Waals surface area (Å²) in [5.74, 6) is -4.17. The van der Waals surface area contributed by atoms with Crippen molar-refractivity contribution in [3.8, 4) is 0 Å². The number of aliphatic hydroxyl groups excluding tert-OH is 1. The number of nitrogens with zero attached hydrogens (tertiary/aromatic N) is 3. The van der Waals surface area contributed by atoms with Crippen molar-refractivity contribution in [2.75, 3.05) is 11.4 Å². The zero-order valence-corrected chi connectivity index (χ0v) is 15.3. The van der Waals surface area contributed by atoms with Crippen LogP contribution in [-0.2, 0) is 4.79 Å². The van der Waals surface area contributed by atoms with E-state index >= 15 is 4.39 Å². The molecule has 1 saturated carbocycles. The molecule has 30 heavy (non-hydrogen) atoms. The number of pyridine rings is 1. The summed E-state index contributed by atoms with van der Waals surface area (Å²) in [5, 5.41) is 40.2. The second kappa shape index (κ2) is 6.76. The molecule has 3 N–H and O–H groups in total. The number of nitro groups is 1. The molecule has 2 heterocycles. The molecule has 4 rings (SSSR count). The maximum atomic E-state index is 15.1. The molecule has 2 aliphatic rings. The van der Waals surface area contributed by atoms with Crippen LogP contribution in [-0.4, -0.2) is 55.4 Å². The Kier molecular flexibility index (Phi) is 4.45. The zero-order chi connectivity index (χ0) is 21.9. The maximum Gasteiger partial charge on any atom is 0.341 e. The van der Waals surface area contributed by atoms with Crippen molar-refractivity contribution in [1.29, 1.82) is 0 Å². The minimum Gasteiger partial charge on any atom is -0.480 e. The number of aliphatic carboxylic acids is 1. The minimum atomic E-state index is -1.54. The highest BCUT2D eigenvalue weighted by molar-refractivity contribution is 5.99. The molecule has 1 saturated heterocycles. The molecule has 0 spiro atoms. The van der Waals surface area contributed by atoms with Gasteiger partial charge in [-0.25, -0.2) is 14.0 Å². The third-order valence-electron chi connectivity index (χ3n) is 5.42. The third kappa shape index (κ3) is 2.96. The largest absolute Gasteiger partial charge is 0.480 e. The van der Waals surface area contributed by atoms with E-state index < -0.39 is 62.6 Å². The summed E-state index contributed by atoms with van der Waals surface area (Å²) in [6, 6.07) is -0.998. The summed E-state index contributed by atoms with van der Waals surface area (Å²) >= 11 is 0. The lowest BCUT2D eigenvalue weighted by Gasteiger charge is -2.25. The summed E-state index contributed by atoms with van der Waals surface area (Å²) in [4.78, 5) is 47.6. The number of aromatic nitrogens is 1. The molecular formula is C18H16FN3O8. The van der Waals surface area contributed by atoms with Crippen molar-refractivity contribution in [2.24, 2.45) is 0 Å². The molecule has 2 fully saturated rings. The fourth-order valence-corrected chi connectivity index (χ4v) is 3.99. The van der Waals surface area contributed by atoms with Gasteiger partial charge in [0.15, 0.2) is 11.5 Å². The molecule has 2 aromatic rings. The van der Waals surface area contributed by atoms with Crippen LogP contribution in [0, 0.1) is 15.9 Å². The second-order valence-corrected chi connectivity index (χ2v) is 7.42. The number of rotatable bonds is 5. The Morgan fingerprint density at radius 3 is 2.47 bits per heavy atom. The van der Waals surface area contributed by atoms with Gasteiger partial charge >= 0.3 is 17.6 Å². The van der Waals surface area contributed by atoms with Crippen LogP contribution in [0.15, 0.2) is 17.1 Å². The van der Waals surface area contributed by atoms with E-state index in [-0.39, 0.29) is 24.5 Å². The average molecular weight is 421 g/mol. The van der Waals surface area contributed by atoms with Crippen LogP contribution in [0.1, 0.15) is 35.7 Å². The number of halogens is 1. The number of nitro benzene ring substituents is 1. The van der Waals surface area contributed by atoms with E-state index in [0.29, 0.717) is 18.9 Å². The second-order valence-electron chi connectivity index (χ2n) is 7.42. The first-order chi connectivity index (χ1) is 14.1. The first-order valence-corrected chi connectivity index (χ1v) is 9.08. The molecule has 0 amide bonds. The van der Waals surface area contributed by atoms with Crippen molar-refractivity contribution in [1.82, 2.24) is 4.57 Å². The normalized spacial score (nSPS) is 21.2. The molecule has 1 aliphatic heterocycles. The number of carbonyl (C=O) groups is 2. The van der Waals surface area contributed by atoms with E-state index in [4.69, 9.17) is 0 Å². The van der Waals surface area contributed by atoms with Crippen LogP contribution in [0.4, 0.5) is 15.8 Å². The van der Waals surface area contributed by atoms with Crippen molar-refractivity contribution in [2.45, 2.75) is 37.5 Å². The highest BCUT2D eigenvalue weighted by Gasteiger charge is 2.43. The minimum absolute atomic E-state index is 0.253. The van der Waals surface area contributed by atoms with Gasteiger partial charge in [0.05, 0.1) is 16.4 Å². The number of carboxylic acids is 2. The van der Waals surface area contributed by atoms with Gasteiger partial charge in [-0.05, 0) is 18.9 Å². The Labute approximate surface area is 166 Å². The smallest absolute Gasteiger partial charge is 0.341 e. The number of carboxylic acid groups (broad SMARTS) is 2. The Bertz CT molecular complexity index is 1170. The number of benzene rings is 1. The van der Waals surface area contributed by atoms with Crippen molar-refractivity contribution < 1.29 is 34.2 Å². The fraction of sp³-hybridized carbons (Fsp3) is 0.389. The maximum absolute atomic E-state index is 15.1. The Morgan fingerprint density at radius 2 is 1.93 bits per heavy atom. The van der Waals surface area contributed by atoms with E-state index in [9.17, 15) is 39.8 Å². The van der Waals surface area contributed by atoms with Crippen LogP contribution in [0.2, 0.25) is 0 Å². The lowest BCUT2D eigenvalue weighted by molar-refractivity contribution is -0.382. The topological polar surface area (TPSA) is 163 Å². The van der Waals surface area contributed by atoms with Crippen LogP contribution < -0.4 is 10.3 Å². The molecule has 1 aromatic heterocycles. The van der Waals surface area contributed by atoms with E-state index in [1.807, 2.05) is 0 Å². The van der Waals surface area contributed by atoms with E-state index in [1.165, 1.54) is 4.57 Å². The van der Waals surface area contributed by atoms with Crippen LogP contribution in [0.25, 0.3) is 10.9 Å². The molecule has 0 radical (unpaired) electrons. The highest BCUT2D eigenvalue weighted by Crippen LogP contribution is 2.44. The Hall–Kier alpha value is -3.54. The number of aliphatic hydroxyl groups is 1. The molecule has 1 aromatic carbocycles. The predicted molar refractivity (Wildman–Crippen MR) is 99.4 cm³/mol. The van der Waals surface area contributed by atoms with Gasteiger partial charge in [-0.15, -0.1) is 0 Å². The first-order valence-electron chi connectivity index (χ1n) is 9.08. The number of anilines is 1. The van der Waals surface area contributed by atoms with Gasteiger partial charge in [-0.2, -0.15) is 0 Å². The standard InChI is InChI=1S/C18H16FN3O8/c19-11-4-9-13(20(7-1-2-7)6-10(16(9)24)17(25)26)15(22(29)30)14(11)21-5-8(23)3-12(21)18(27)28/h4,6-8,12,23H,1-3,5H2,(H,25,26)(H,27,28)/t8-,12+/m1/s1. The van der Waals surface area contributed by atoms with Crippen LogP contribution in [0.3, 0.4) is 0 Å². The van der Waals surface area contributed by atoms with Crippen molar-refractivity contribution >= 4 is 34.2 Å². The van der Waals surface area contributed by atoms with Crippen LogP contribution >= 0.6 is 0 Å². The predicted octanol–water partition coefficient (Wildman–Crippen LogP) is 1.11. The summed E-state index contributed by atoms with van der Waals surface area (Å²) < 4.78 is 16.4. The third-order valence-corrected chi connectivity index (χ3v) is 5.42. The van der Waals surface area contributed by atoms with Gasteiger partial charge in [0, 0.05) is 25.2 Å². The summed E-state index contributed by atoms with van der Waals surface area (Å²) in [7, 11) is 0. The van der Waals surface area contributed by atoms with E-state index in [2.05, 4.69) is 0 Å². The molecule has 11 nitrogen and oxygen atoms in total. The number of hydrogen-bond donors (Lipinski definition) is 3. The average Bonchev–Trinajstić information content (AvgIpc) is 3.42. The van der Waals surface area contributed by atoms with E-state index in [0.717, 1.165) is 11.1 Å². The van der Waals surface area contributed by atoms with E-state index in [1.54, 1.807) is 0 Å². The van der Waals surface area contributed by atoms with Gasteiger partial charge in [-0.3, -0.25) is 14.9 Å². The fourth-order valence-electron chi connectivity index (χ4n) is 3.99. The monoisotopic (exact) mass is 421 g/mol. The van der Waals surface area contributed by atoms with Gasteiger partial charge < -0.3 is 24.8 Å². The Balaban J connectivity index is 2.11. The molecule has 2 atom stereocenters. The van der Waals surface area contributed by atoms with Gasteiger partial charge in [0.2, 0.25) is 5.43 Å². The zero-order valence-electron chi connectivity index (χ0n) is 15.3. The number of hydrogen-bond acceptors (Lipinski definition) is 7. The number of aromatic carboxylic acids is 1. The van der Waals surface area contributed by atoms with Crippen molar-refractivity contribution in [3.05, 3.63) is 44.0 Å². The van der Waals surface area contributed by atoms with Gasteiger partial charge in [0.1, 0.15) is 17.1 Å². The van der Waals surface area contributed by atoms with Crippen molar-refractivity contribution in [3.63, 3.8) is 0 Å². The molecular weight excluding hydrogens is 405 g/mol. The summed E-state index contributed by atoms with van der Waals surface area (Å²) in [5.41, 5.74) is -3.45. The van der Waals surface area contributed by atoms with Crippen LogP contribution in [0.5, 0.6) is 0 Å².